The highest BCUT2D eigenvalue weighted by Gasteiger charge is 2.38. The summed E-state index contributed by atoms with van der Waals surface area (Å²) in [5.41, 5.74) is 0. The molecule has 6 nitrogen and oxygen atoms in total. The summed E-state index contributed by atoms with van der Waals surface area (Å²) in [4.78, 5) is 14.5. The molecule has 2 heterocycles. The molecule has 24 heavy (non-hydrogen) atoms. The van der Waals surface area contributed by atoms with Crippen LogP contribution in [0.25, 0.3) is 0 Å². The number of rotatable bonds is 5. The van der Waals surface area contributed by atoms with Crippen molar-refractivity contribution in [3.63, 3.8) is 0 Å². The Labute approximate surface area is 156 Å². The van der Waals surface area contributed by atoms with Crippen LogP contribution in [0.15, 0.2) is 12.3 Å². The molecule has 1 amide bonds. The van der Waals surface area contributed by atoms with E-state index in [2.05, 4.69) is 20.6 Å². The van der Waals surface area contributed by atoms with Crippen molar-refractivity contribution >= 4 is 36.5 Å². The molecule has 3 unspecified atom stereocenters. The first-order valence-electron chi connectivity index (χ1n) is 8.37. The van der Waals surface area contributed by atoms with Crippen LogP contribution >= 0.6 is 24.8 Å². The highest BCUT2D eigenvalue weighted by Crippen LogP contribution is 2.33. The minimum Gasteiger partial charge on any atom is -0.308 e. The van der Waals surface area contributed by atoms with Crippen molar-refractivity contribution in [3.05, 3.63) is 12.3 Å². The van der Waals surface area contributed by atoms with E-state index in [9.17, 15) is 4.79 Å². The van der Waals surface area contributed by atoms with E-state index < -0.39 is 0 Å². The maximum atomic E-state index is 12.4. The fraction of sp³-hybridized carbons (Fsp3) is 0.750. The zero-order valence-corrected chi connectivity index (χ0v) is 16.0. The number of nitrogens with one attached hydrogen (secondary N) is 2. The zero-order chi connectivity index (χ0) is 15.5. The molecule has 1 aromatic heterocycles. The van der Waals surface area contributed by atoms with Gasteiger partial charge in [0.25, 0.3) is 0 Å². The van der Waals surface area contributed by atoms with E-state index in [1.54, 1.807) is 0 Å². The third kappa shape index (κ3) is 5.34. The predicted molar refractivity (Wildman–Crippen MR) is 101 cm³/mol. The van der Waals surface area contributed by atoms with Gasteiger partial charge in [-0.2, -0.15) is 5.10 Å². The number of amides is 1. The first-order valence-corrected chi connectivity index (χ1v) is 8.37. The Morgan fingerprint density at radius 3 is 2.83 bits per heavy atom. The molecule has 2 fully saturated rings. The minimum absolute atomic E-state index is 0. The monoisotopic (exact) mass is 377 g/mol. The largest absolute Gasteiger partial charge is 0.308 e. The maximum Gasteiger partial charge on any atom is 0.242 e. The first-order chi connectivity index (χ1) is 10.6. The molecule has 3 atom stereocenters. The number of nitrogens with zero attached hydrogens (tertiary/aromatic N) is 3. The number of carbonyl (C=O) groups is 1. The number of hydrogen-bond donors (Lipinski definition) is 2. The summed E-state index contributed by atoms with van der Waals surface area (Å²) in [7, 11) is 4.08. The molecule has 3 rings (SSSR count). The molecule has 1 aromatic rings. The van der Waals surface area contributed by atoms with Gasteiger partial charge in [0.05, 0.1) is 12.6 Å². The molecule has 1 aliphatic carbocycles. The average Bonchev–Trinajstić information content (AvgIpc) is 3.11. The van der Waals surface area contributed by atoms with Crippen LogP contribution in [0.2, 0.25) is 0 Å². The lowest BCUT2D eigenvalue weighted by Crippen LogP contribution is -2.40. The van der Waals surface area contributed by atoms with Crippen LogP contribution in [-0.4, -0.2) is 53.3 Å². The van der Waals surface area contributed by atoms with Gasteiger partial charge in [-0.15, -0.1) is 24.8 Å². The number of likely N-dealkylation sites (N-methyl/N-ethyl adjacent to an activating group) is 1. The standard InChI is InChI=1S/C16H27N5O.2ClH/c1-20(2)9-10-21-8-7-15(19-21)18-16(22)14-11-12-5-3-4-6-13(12)17-14;;/h7-8,12-14,17H,3-6,9-11H2,1-2H3,(H,18,19,22);2*1H. The van der Waals surface area contributed by atoms with E-state index in [0.29, 0.717) is 17.8 Å². The van der Waals surface area contributed by atoms with E-state index in [-0.39, 0.29) is 36.8 Å². The van der Waals surface area contributed by atoms with Gasteiger partial charge in [0.2, 0.25) is 5.91 Å². The van der Waals surface area contributed by atoms with Gasteiger partial charge in [-0.05, 0) is 39.3 Å². The van der Waals surface area contributed by atoms with Crippen molar-refractivity contribution in [2.75, 3.05) is 26.0 Å². The first kappa shape index (κ1) is 21.2. The normalized spacial score (nSPS) is 25.5. The Hall–Kier alpha value is -0.820. The topological polar surface area (TPSA) is 62.2 Å². The Morgan fingerprint density at radius 2 is 2.12 bits per heavy atom. The van der Waals surface area contributed by atoms with Gasteiger partial charge in [0.1, 0.15) is 0 Å². The van der Waals surface area contributed by atoms with Crippen molar-refractivity contribution in [1.29, 1.82) is 0 Å². The molecule has 2 aliphatic rings. The quantitative estimate of drug-likeness (QED) is 0.824. The second kappa shape index (κ2) is 9.61. The van der Waals surface area contributed by atoms with Gasteiger partial charge < -0.3 is 15.5 Å². The Kier molecular flexibility index (Phi) is 8.50. The molecule has 1 saturated heterocycles. The molecular weight excluding hydrogens is 349 g/mol. The number of hydrogen-bond acceptors (Lipinski definition) is 4. The molecular formula is C16H29Cl2N5O. The number of carbonyl (C=O) groups excluding carboxylic acids is 1. The van der Waals surface area contributed by atoms with Crippen molar-refractivity contribution in [3.8, 4) is 0 Å². The van der Waals surface area contributed by atoms with Crippen molar-refractivity contribution < 1.29 is 4.79 Å². The van der Waals surface area contributed by atoms with Crippen LogP contribution in [0, 0.1) is 5.92 Å². The highest BCUT2D eigenvalue weighted by molar-refractivity contribution is 5.94. The molecule has 8 heteroatoms. The van der Waals surface area contributed by atoms with Gasteiger partial charge in [-0.1, -0.05) is 12.8 Å². The molecule has 0 spiro atoms. The number of aromatic nitrogens is 2. The van der Waals surface area contributed by atoms with Gasteiger partial charge in [-0.25, -0.2) is 0 Å². The summed E-state index contributed by atoms with van der Waals surface area (Å²) in [6, 6.07) is 2.36. The van der Waals surface area contributed by atoms with Crippen LogP contribution in [0.5, 0.6) is 0 Å². The fourth-order valence-corrected chi connectivity index (χ4v) is 3.59. The van der Waals surface area contributed by atoms with Crippen molar-refractivity contribution in [2.24, 2.45) is 5.92 Å². The van der Waals surface area contributed by atoms with Gasteiger partial charge >= 0.3 is 0 Å². The zero-order valence-electron chi connectivity index (χ0n) is 14.4. The SMILES string of the molecule is CN(C)CCn1ccc(NC(=O)C2CC3CCCCC3N2)n1.Cl.Cl. The number of fused-ring (bicyclic) bond motifs is 1. The summed E-state index contributed by atoms with van der Waals surface area (Å²) < 4.78 is 1.87. The van der Waals surface area contributed by atoms with Crippen molar-refractivity contribution in [1.82, 2.24) is 20.0 Å². The summed E-state index contributed by atoms with van der Waals surface area (Å²) in [5, 5.41) is 10.9. The lowest BCUT2D eigenvalue weighted by atomic mass is 9.85. The lowest BCUT2D eigenvalue weighted by molar-refractivity contribution is -0.117. The molecule has 0 aromatic carbocycles. The maximum absolute atomic E-state index is 12.4. The summed E-state index contributed by atoms with van der Waals surface area (Å²) >= 11 is 0. The lowest BCUT2D eigenvalue weighted by Gasteiger charge is -2.24. The minimum atomic E-state index is -0.0555. The molecule has 2 N–H and O–H groups in total. The summed E-state index contributed by atoms with van der Waals surface area (Å²) in [6.07, 6.45) is 7.97. The average molecular weight is 378 g/mol. The molecule has 0 bridgehead atoms. The Bertz CT molecular complexity index is 508. The Morgan fingerprint density at radius 1 is 1.38 bits per heavy atom. The van der Waals surface area contributed by atoms with Crippen LogP contribution < -0.4 is 10.6 Å². The summed E-state index contributed by atoms with van der Waals surface area (Å²) in [6.45, 7) is 1.76. The third-order valence-corrected chi connectivity index (χ3v) is 4.85. The van der Waals surface area contributed by atoms with E-state index >= 15 is 0 Å². The van der Waals surface area contributed by atoms with Crippen LogP contribution in [0.3, 0.4) is 0 Å². The van der Waals surface area contributed by atoms with Crippen LogP contribution in [0.4, 0.5) is 5.82 Å². The highest BCUT2D eigenvalue weighted by atomic mass is 35.5. The predicted octanol–water partition coefficient (Wildman–Crippen LogP) is 2.15. The number of anilines is 1. The second-order valence-electron chi connectivity index (χ2n) is 6.86. The smallest absolute Gasteiger partial charge is 0.242 e. The van der Waals surface area contributed by atoms with Gasteiger partial charge in [-0.3, -0.25) is 9.48 Å². The van der Waals surface area contributed by atoms with Crippen LogP contribution in [-0.2, 0) is 11.3 Å². The van der Waals surface area contributed by atoms with E-state index in [0.717, 1.165) is 19.5 Å². The molecule has 1 saturated carbocycles. The summed E-state index contributed by atoms with van der Waals surface area (Å²) in [5.74, 6) is 1.40. The molecule has 0 radical (unpaired) electrons. The second-order valence-corrected chi connectivity index (χ2v) is 6.86. The third-order valence-electron chi connectivity index (χ3n) is 4.85. The van der Waals surface area contributed by atoms with E-state index in [4.69, 9.17) is 0 Å². The van der Waals surface area contributed by atoms with E-state index in [1.165, 1.54) is 25.7 Å². The molecule has 138 valence electrons. The Balaban J connectivity index is 0.00000144. The van der Waals surface area contributed by atoms with Gasteiger partial charge in [0.15, 0.2) is 5.82 Å². The molecule has 1 aliphatic heterocycles. The van der Waals surface area contributed by atoms with Crippen molar-refractivity contribution in [2.45, 2.75) is 50.7 Å². The van der Waals surface area contributed by atoms with Crippen LogP contribution in [0.1, 0.15) is 32.1 Å². The van der Waals surface area contributed by atoms with Gasteiger partial charge in [0, 0.05) is 24.8 Å². The fourth-order valence-electron chi connectivity index (χ4n) is 3.59. The number of halogens is 2. The van der Waals surface area contributed by atoms with E-state index in [1.807, 2.05) is 31.0 Å².